The molecule has 2 fully saturated rings. The molecule has 1 aromatic carbocycles. The highest BCUT2D eigenvalue weighted by Gasteiger charge is 2.39. The molecule has 0 amide bonds. The van der Waals surface area contributed by atoms with Crippen LogP contribution in [0.3, 0.4) is 0 Å². The number of hydrogen-bond acceptors (Lipinski definition) is 3. The third-order valence-corrected chi connectivity index (χ3v) is 4.87. The Balaban J connectivity index is 1.87. The number of carboxylic acid groups (broad SMARTS) is 1. The second-order valence-electron chi connectivity index (χ2n) is 5.94. The van der Waals surface area contributed by atoms with Gasteiger partial charge in [-0.15, -0.1) is 0 Å². The van der Waals surface area contributed by atoms with Gasteiger partial charge in [0, 0.05) is 12.6 Å². The number of aromatic carboxylic acids is 1. The van der Waals surface area contributed by atoms with E-state index in [-0.39, 0.29) is 17.3 Å². The molecule has 6 nitrogen and oxygen atoms in total. The molecular weight excluding hydrogens is 270 g/mol. The zero-order chi connectivity index (χ0) is 14.6. The molecule has 2 unspecified atom stereocenters. The van der Waals surface area contributed by atoms with Crippen molar-refractivity contribution in [3.8, 4) is 0 Å². The molecule has 2 aromatic rings. The van der Waals surface area contributed by atoms with Gasteiger partial charge in [0.25, 0.3) is 0 Å². The number of H-pyrrole nitrogens is 1. The van der Waals surface area contributed by atoms with Crippen molar-refractivity contribution in [2.75, 3.05) is 13.1 Å². The Morgan fingerprint density at radius 1 is 1.24 bits per heavy atom. The second-order valence-corrected chi connectivity index (χ2v) is 5.94. The van der Waals surface area contributed by atoms with Crippen LogP contribution in [0.15, 0.2) is 23.0 Å². The molecule has 0 radical (unpaired) electrons. The summed E-state index contributed by atoms with van der Waals surface area (Å²) in [5.41, 5.74) is 1.50. The lowest BCUT2D eigenvalue weighted by Gasteiger charge is -2.21. The smallest absolute Gasteiger partial charge is 0.335 e. The minimum atomic E-state index is -0.967. The zero-order valence-electron chi connectivity index (χ0n) is 11.6. The van der Waals surface area contributed by atoms with Crippen LogP contribution in [-0.2, 0) is 0 Å². The number of benzene rings is 1. The lowest BCUT2D eigenvalue weighted by Crippen LogP contribution is -2.31. The van der Waals surface area contributed by atoms with Crippen molar-refractivity contribution in [1.82, 2.24) is 14.5 Å². The molecule has 1 aromatic heterocycles. The summed E-state index contributed by atoms with van der Waals surface area (Å²) in [5.74, 6) is -0.967. The Kier molecular flexibility index (Phi) is 2.68. The van der Waals surface area contributed by atoms with Crippen LogP contribution in [0.5, 0.6) is 0 Å². The molecule has 2 aliphatic heterocycles. The van der Waals surface area contributed by atoms with Crippen LogP contribution in [0.1, 0.15) is 35.7 Å². The number of imidazole rings is 1. The second kappa shape index (κ2) is 4.46. The molecule has 2 saturated heterocycles. The molecule has 0 aliphatic carbocycles. The molecule has 0 saturated carbocycles. The van der Waals surface area contributed by atoms with Gasteiger partial charge in [-0.3, -0.25) is 9.47 Å². The Morgan fingerprint density at radius 3 is 2.90 bits per heavy atom. The van der Waals surface area contributed by atoms with Crippen LogP contribution in [0.4, 0.5) is 0 Å². The third kappa shape index (κ3) is 1.82. The Hall–Kier alpha value is -2.08. The summed E-state index contributed by atoms with van der Waals surface area (Å²) in [6, 6.07) is 5.38. The monoisotopic (exact) mass is 287 g/mol. The first kappa shape index (κ1) is 12.6. The van der Waals surface area contributed by atoms with Gasteiger partial charge in [0.1, 0.15) is 0 Å². The van der Waals surface area contributed by atoms with Gasteiger partial charge < -0.3 is 10.1 Å². The van der Waals surface area contributed by atoms with E-state index < -0.39 is 5.97 Å². The number of aromatic nitrogens is 2. The number of fused-ring (bicyclic) bond motifs is 2. The number of aromatic amines is 1. The summed E-state index contributed by atoms with van der Waals surface area (Å²) < 4.78 is 1.78. The van der Waals surface area contributed by atoms with E-state index in [2.05, 4.69) is 9.88 Å². The van der Waals surface area contributed by atoms with E-state index >= 15 is 0 Å². The van der Waals surface area contributed by atoms with Crippen LogP contribution >= 0.6 is 0 Å². The summed E-state index contributed by atoms with van der Waals surface area (Å²) >= 11 is 0. The van der Waals surface area contributed by atoms with Crippen LogP contribution in [-0.4, -0.2) is 44.7 Å². The van der Waals surface area contributed by atoms with Crippen molar-refractivity contribution in [1.29, 1.82) is 0 Å². The van der Waals surface area contributed by atoms with Gasteiger partial charge in [-0.2, -0.15) is 0 Å². The van der Waals surface area contributed by atoms with Gasteiger partial charge in [0.05, 0.1) is 22.6 Å². The highest BCUT2D eigenvalue weighted by molar-refractivity contribution is 5.92. The van der Waals surface area contributed by atoms with Crippen molar-refractivity contribution in [2.45, 2.75) is 31.3 Å². The van der Waals surface area contributed by atoms with Crippen LogP contribution in [0.2, 0.25) is 0 Å². The molecule has 21 heavy (non-hydrogen) atoms. The average Bonchev–Trinajstić information content (AvgIpc) is 3.11. The lowest BCUT2D eigenvalue weighted by molar-refractivity contribution is 0.0697. The molecule has 3 heterocycles. The van der Waals surface area contributed by atoms with E-state index in [0.717, 1.165) is 25.9 Å². The number of rotatable bonds is 2. The van der Waals surface area contributed by atoms with E-state index in [9.17, 15) is 9.59 Å². The number of hydrogen-bond donors (Lipinski definition) is 2. The van der Waals surface area contributed by atoms with Crippen molar-refractivity contribution >= 4 is 17.0 Å². The fraction of sp³-hybridized carbons (Fsp3) is 0.467. The zero-order valence-corrected chi connectivity index (χ0v) is 11.6. The maximum absolute atomic E-state index is 12.3. The third-order valence-electron chi connectivity index (χ3n) is 4.87. The van der Waals surface area contributed by atoms with E-state index in [1.165, 1.54) is 12.5 Å². The average molecular weight is 287 g/mol. The van der Waals surface area contributed by atoms with E-state index in [1.807, 2.05) is 0 Å². The van der Waals surface area contributed by atoms with Crippen molar-refractivity contribution in [2.24, 2.45) is 0 Å². The predicted octanol–water partition coefficient (Wildman–Crippen LogP) is 1.44. The van der Waals surface area contributed by atoms with E-state index in [0.29, 0.717) is 17.1 Å². The van der Waals surface area contributed by atoms with Gasteiger partial charge in [0.15, 0.2) is 0 Å². The molecule has 0 spiro atoms. The van der Waals surface area contributed by atoms with Crippen molar-refractivity contribution in [3.05, 3.63) is 34.2 Å². The van der Waals surface area contributed by atoms with Crippen molar-refractivity contribution < 1.29 is 9.90 Å². The van der Waals surface area contributed by atoms with Gasteiger partial charge >= 0.3 is 11.7 Å². The minimum Gasteiger partial charge on any atom is -0.478 e. The fourth-order valence-electron chi connectivity index (χ4n) is 3.94. The number of carbonyl (C=O) groups is 1. The number of carboxylic acids is 1. The Labute approximate surface area is 121 Å². The summed E-state index contributed by atoms with van der Waals surface area (Å²) in [4.78, 5) is 28.8. The highest BCUT2D eigenvalue weighted by Crippen LogP contribution is 2.36. The summed E-state index contributed by atoms with van der Waals surface area (Å²) in [5, 5.41) is 9.15. The molecule has 2 N–H and O–H groups in total. The maximum Gasteiger partial charge on any atom is 0.335 e. The predicted molar refractivity (Wildman–Crippen MR) is 77.8 cm³/mol. The first-order chi connectivity index (χ1) is 10.1. The maximum atomic E-state index is 12.3. The summed E-state index contributed by atoms with van der Waals surface area (Å²) in [7, 11) is 0. The molecular formula is C15H17N3O3. The summed E-state index contributed by atoms with van der Waals surface area (Å²) in [6.45, 7) is 2.13. The largest absolute Gasteiger partial charge is 0.478 e. The molecule has 110 valence electrons. The lowest BCUT2D eigenvalue weighted by atomic mass is 10.1. The van der Waals surface area contributed by atoms with Crippen molar-refractivity contribution in [3.63, 3.8) is 0 Å². The molecule has 2 aliphatic rings. The molecule has 0 bridgehead atoms. The Morgan fingerprint density at radius 2 is 2.10 bits per heavy atom. The molecule has 4 rings (SSSR count). The minimum absolute atomic E-state index is 0.133. The Bertz CT molecular complexity index is 776. The van der Waals surface area contributed by atoms with Crippen LogP contribution < -0.4 is 5.69 Å². The first-order valence-corrected chi connectivity index (χ1v) is 7.37. The van der Waals surface area contributed by atoms with Gasteiger partial charge in [-0.1, -0.05) is 0 Å². The van der Waals surface area contributed by atoms with Crippen LogP contribution in [0, 0.1) is 0 Å². The number of nitrogens with one attached hydrogen (secondary N) is 1. The quantitative estimate of drug-likeness (QED) is 0.876. The van der Waals surface area contributed by atoms with E-state index in [4.69, 9.17) is 5.11 Å². The van der Waals surface area contributed by atoms with Gasteiger partial charge in [-0.25, -0.2) is 9.59 Å². The van der Waals surface area contributed by atoms with Gasteiger partial charge in [-0.05, 0) is 44.0 Å². The standard InChI is InChI=1S/C15H17N3O3/c19-14(20)9-3-4-10-13(8-9)18(15(21)16-10)12-5-7-17-6-1-2-11(12)17/h3-4,8,11-12H,1-2,5-7H2,(H,16,21)(H,19,20). The van der Waals surface area contributed by atoms with Crippen LogP contribution in [0.25, 0.3) is 11.0 Å². The first-order valence-electron chi connectivity index (χ1n) is 7.37. The summed E-state index contributed by atoms with van der Waals surface area (Å²) in [6.07, 6.45) is 3.25. The van der Waals surface area contributed by atoms with Gasteiger partial charge in [0.2, 0.25) is 0 Å². The number of nitrogens with zero attached hydrogens (tertiary/aromatic N) is 2. The normalized spacial score (nSPS) is 25.5. The SMILES string of the molecule is O=C(O)c1ccc2[nH]c(=O)n(C3CCN4CCCC34)c2c1. The highest BCUT2D eigenvalue weighted by atomic mass is 16.4. The van der Waals surface area contributed by atoms with E-state index in [1.54, 1.807) is 16.7 Å². The molecule has 2 atom stereocenters. The topological polar surface area (TPSA) is 78.3 Å². The molecule has 6 heteroatoms. The fourth-order valence-corrected chi connectivity index (χ4v) is 3.94.